The first-order valence-corrected chi connectivity index (χ1v) is 9.41. The van der Waals surface area contributed by atoms with E-state index in [-0.39, 0.29) is 39.6 Å². The number of para-hydroxylation sites is 1. The lowest BCUT2D eigenvalue weighted by atomic mass is 10.0. The number of benzene rings is 1. The summed E-state index contributed by atoms with van der Waals surface area (Å²) in [4.78, 5) is 3.86. The molecule has 4 nitrogen and oxygen atoms in total. The molecule has 146 valence electrons. The summed E-state index contributed by atoms with van der Waals surface area (Å²) in [7, 11) is 0. The normalized spacial score (nSPS) is 15.9. The molecule has 0 bridgehead atoms. The Hall–Kier alpha value is -1.63. The number of ether oxygens (including phenoxy) is 2. The van der Waals surface area contributed by atoms with Crippen LogP contribution in [0.3, 0.4) is 0 Å². The number of alkyl halides is 2. The minimum atomic E-state index is -3.04. The SMILES string of the molecule is OC(Cc1c(Cl)cncc1Cl)c1cccc(OC2CCCC2)c1OC(F)F. The predicted octanol–water partition coefficient (Wildman–Crippen LogP) is 5.59. The highest BCUT2D eigenvalue weighted by atomic mass is 35.5. The Kier molecular flexibility index (Phi) is 6.73. The van der Waals surface area contributed by atoms with Crippen molar-refractivity contribution in [3.05, 3.63) is 51.8 Å². The summed E-state index contributed by atoms with van der Waals surface area (Å²) >= 11 is 12.2. The van der Waals surface area contributed by atoms with Crippen LogP contribution in [0.25, 0.3) is 0 Å². The zero-order valence-electron chi connectivity index (χ0n) is 14.4. The second kappa shape index (κ2) is 9.04. The van der Waals surface area contributed by atoms with Crippen molar-refractivity contribution in [2.75, 3.05) is 0 Å². The number of aromatic nitrogens is 1. The van der Waals surface area contributed by atoms with Crippen LogP contribution in [0.1, 0.15) is 42.9 Å². The predicted molar refractivity (Wildman–Crippen MR) is 98.9 cm³/mol. The lowest BCUT2D eigenvalue weighted by Crippen LogP contribution is -2.15. The Bertz CT molecular complexity index is 765. The molecule has 1 aromatic heterocycles. The topological polar surface area (TPSA) is 51.6 Å². The Morgan fingerprint density at radius 3 is 2.44 bits per heavy atom. The second-order valence-corrected chi connectivity index (χ2v) is 7.19. The van der Waals surface area contributed by atoms with E-state index in [1.807, 2.05) is 0 Å². The fourth-order valence-electron chi connectivity index (χ4n) is 3.23. The molecule has 3 rings (SSSR count). The molecule has 0 aliphatic heterocycles. The lowest BCUT2D eigenvalue weighted by molar-refractivity contribution is -0.0538. The molecule has 1 aliphatic carbocycles. The van der Waals surface area contributed by atoms with Gasteiger partial charge in [-0.15, -0.1) is 0 Å². The fraction of sp³-hybridized carbons (Fsp3) is 0.421. The van der Waals surface area contributed by atoms with Gasteiger partial charge < -0.3 is 14.6 Å². The van der Waals surface area contributed by atoms with E-state index in [1.54, 1.807) is 12.1 Å². The maximum Gasteiger partial charge on any atom is 0.387 e. The van der Waals surface area contributed by atoms with Gasteiger partial charge in [-0.2, -0.15) is 8.78 Å². The summed E-state index contributed by atoms with van der Waals surface area (Å²) in [5.74, 6) is 0.0406. The van der Waals surface area contributed by atoms with Gasteiger partial charge in [0.15, 0.2) is 11.5 Å². The summed E-state index contributed by atoms with van der Waals surface area (Å²) in [6.45, 7) is -3.04. The van der Waals surface area contributed by atoms with Crippen molar-refractivity contribution in [1.82, 2.24) is 4.98 Å². The van der Waals surface area contributed by atoms with E-state index < -0.39 is 12.7 Å². The second-order valence-electron chi connectivity index (χ2n) is 6.38. The molecule has 1 unspecified atom stereocenters. The number of nitrogens with zero attached hydrogens (tertiary/aromatic N) is 1. The highest BCUT2D eigenvalue weighted by molar-refractivity contribution is 6.35. The monoisotopic (exact) mass is 417 g/mol. The Morgan fingerprint density at radius 2 is 1.81 bits per heavy atom. The van der Waals surface area contributed by atoms with Gasteiger partial charge in [0.05, 0.1) is 22.3 Å². The molecule has 0 amide bonds. The third-order valence-corrected chi connectivity index (χ3v) is 5.17. The van der Waals surface area contributed by atoms with E-state index in [9.17, 15) is 13.9 Å². The number of aliphatic hydroxyl groups is 1. The number of pyridine rings is 1. The average molecular weight is 418 g/mol. The molecule has 1 fully saturated rings. The van der Waals surface area contributed by atoms with Gasteiger partial charge in [0, 0.05) is 24.4 Å². The molecule has 0 saturated heterocycles. The highest BCUT2D eigenvalue weighted by Crippen LogP contribution is 2.40. The molecule has 1 N–H and O–H groups in total. The van der Waals surface area contributed by atoms with E-state index in [4.69, 9.17) is 32.7 Å². The molecule has 1 atom stereocenters. The van der Waals surface area contributed by atoms with Gasteiger partial charge in [-0.3, -0.25) is 4.98 Å². The maximum atomic E-state index is 13.0. The Labute approximate surface area is 166 Å². The fourth-order valence-corrected chi connectivity index (χ4v) is 3.74. The van der Waals surface area contributed by atoms with Crippen molar-refractivity contribution in [3.8, 4) is 11.5 Å². The Balaban J connectivity index is 1.90. The standard InChI is InChI=1S/C19H19Cl2F2NO3/c20-14-9-24-10-15(21)13(14)8-16(25)12-6-3-7-17(18(12)27-19(22)23)26-11-4-1-2-5-11/h3,6-7,9-11,16,19,25H,1-2,4-5,8H2. The van der Waals surface area contributed by atoms with Gasteiger partial charge in [0.1, 0.15) is 0 Å². The van der Waals surface area contributed by atoms with Gasteiger partial charge >= 0.3 is 6.61 Å². The zero-order chi connectivity index (χ0) is 19.4. The van der Waals surface area contributed by atoms with Crippen molar-refractivity contribution in [3.63, 3.8) is 0 Å². The first-order chi connectivity index (χ1) is 13.0. The third kappa shape index (κ3) is 5.00. The molecule has 27 heavy (non-hydrogen) atoms. The first kappa shape index (κ1) is 20.1. The average Bonchev–Trinajstić information content (AvgIpc) is 3.12. The summed E-state index contributed by atoms with van der Waals surface area (Å²) in [5.41, 5.74) is 0.667. The highest BCUT2D eigenvalue weighted by Gasteiger charge is 2.25. The van der Waals surface area contributed by atoms with Crippen LogP contribution in [0.2, 0.25) is 10.0 Å². The molecule has 8 heteroatoms. The molecule has 1 saturated carbocycles. The number of rotatable bonds is 7. The molecule has 2 aromatic rings. The van der Waals surface area contributed by atoms with Crippen LogP contribution < -0.4 is 9.47 Å². The van der Waals surface area contributed by atoms with E-state index in [2.05, 4.69) is 4.98 Å². The van der Waals surface area contributed by atoms with E-state index in [0.29, 0.717) is 5.56 Å². The van der Waals surface area contributed by atoms with Crippen LogP contribution in [0.5, 0.6) is 11.5 Å². The molecule has 0 radical (unpaired) electrons. The summed E-state index contributed by atoms with van der Waals surface area (Å²) in [6.07, 6.45) is 5.44. The van der Waals surface area contributed by atoms with Crippen LogP contribution in [0, 0.1) is 0 Å². The van der Waals surface area contributed by atoms with Gasteiger partial charge in [-0.1, -0.05) is 35.3 Å². The number of aliphatic hydroxyl groups excluding tert-OH is 1. The van der Waals surface area contributed by atoms with Crippen molar-refractivity contribution in [2.24, 2.45) is 0 Å². The van der Waals surface area contributed by atoms with Crippen LogP contribution in [0.15, 0.2) is 30.6 Å². The zero-order valence-corrected chi connectivity index (χ0v) is 15.9. The summed E-state index contributed by atoms with van der Waals surface area (Å²) in [5, 5.41) is 11.3. The van der Waals surface area contributed by atoms with Gasteiger partial charge in [0.2, 0.25) is 0 Å². The number of hydrogen-bond donors (Lipinski definition) is 1. The van der Waals surface area contributed by atoms with Gasteiger partial charge in [-0.25, -0.2) is 0 Å². The maximum absolute atomic E-state index is 13.0. The largest absolute Gasteiger partial charge is 0.487 e. The van der Waals surface area contributed by atoms with Crippen LogP contribution in [-0.4, -0.2) is 22.8 Å². The lowest BCUT2D eigenvalue weighted by Gasteiger charge is -2.21. The van der Waals surface area contributed by atoms with Crippen molar-refractivity contribution >= 4 is 23.2 Å². The van der Waals surface area contributed by atoms with E-state index in [0.717, 1.165) is 25.7 Å². The van der Waals surface area contributed by atoms with Crippen LogP contribution in [0.4, 0.5) is 8.78 Å². The molecule has 1 heterocycles. The van der Waals surface area contributed by atoms with Crippen LogP contribution >= 0.6 is 23.2 Å². The molecule has 1 aliphatic rings. The summed E-state index contributed by atoms with van der Waals surface area (Å²) < 4.78 is 36.6. The first-order valence-electron chi connectivity index (χ1n) is 8.66. The minimum absolute atomic E-state index is 0.0205. The summed E-state index contributed by atoms with van der Waals surface area (Å²) in [6, 6.07) is 4.72. The minimum Gasteiger partial charge on any atom is -0.487 e. The van der Waals surface area contributed by atoms with Gasteiger partial charge in [-0.05, 0) is 37.3 Å². The molecule has 0 spiro atoms. The third-order valence-electron chi connectivity index (χ3n) is 4.52. The van der Waals surface area contributed by atoms with Crippen molar-refractivity contribution in [1.29, 1.82) is 0 Å². The van der Waals surface area contributed by atoms with Crippen molar-refractivity contribution < 1.29 is 23.4 Å². The molecular weight excluding hydrogens is 399 g/mol. The van der Waals surface area contributed by atoms with Gasteiger partial charge in [0.25, 0.3) is 0 Å². The molecular formula is C19H19Cl2F2NO3. The van der Waals surface area contributed by atoms with E-state index in [1.165, 1.54) is 18.5 Å². The smallest absolute Gasteiger partial charge is 0.387 e. The molecule has 1 aromatic carbocycles. The number of halogens is 4. The van der Waals surface area contributed by atoms with E-state index >= 15 is 0 Å². The Morgan fingerprint density at radius 1 is 1.15 bits per heavy atom. The van der Waals surface area contributed by atoms with Crippen molar-refractivity contribution in [2.45, 2.75) is 50.9 Å². The number of hydrogen-bond acceptors (Lipinski definition) is 4. The quantitative estimate of drug-likeness (QED) is 0.637. The van der Waals surface area contributed by atoms with Crippen LogP contribution in [-0.2, 0) is 6.42 Å².